The van der Waals surface area contributed by atoms with E-state index in [0.717, 1.165) is 12.3 Å². The van der Waals surface area contributed by atoms with Crippen molar-refractivity contribution in [2.45, 2.75) is 0 Å². The maximum atomic E-state index is 13.1. The molecular weight excluding hydrogens is 293 g/mol. The first-order valence-electron chi connectivity index (χ1n) is 7.40. The maximum Gasteiger partial charge on any atom is 0.185 e. The van der Waals surface area contributed by atoms with E-state index < -0.39 is 0 Å². The molecule has 0 unspecified atom stereocenters. The van der Waals surface area contributed by atoms with Crippen LogP contribution < -0.4 is 4.74 Å². The first kappa shape index (κ1) is 16.9. The molecule has 0 spiro atoms. The summed E-state index contributed by atoms with van der Waals surface area (Å²) in [7, 11) is 3.96. The van der Waals surface area contributed by atoms with E-state index in [1.807, 2.05) is 19.0 Å². The van der Waals surface area contributed by atoms with E-state index in [1.165, 1.54) is 18.2 Å². The Balaban J connectivity index is 1.94. The standard InChI is InChI=1S/C19H20FNO2/c1-21(2)12-13-23-18-9-7-16(8-10-18)19(22)11-6-15-4-3-5-17(20)14-15/h3-11,14H,12-13H2,1-2H3/b11-6+. The molecule has 2 aromatic rings. The summed E-state index contributed by atoms with van der Waals surface area (Å²) in [6.07, 6.45) is 3.05. The average Bonchev–Trinajstić information content (AvgIpc) is 2.53. The highest BCUT2D eigenvalue weighted by Crippen LogP contribution is 2.14. The van der Waals surface area contributed by atoms with Gasteiger partial charge in [-0.05, 0) is 62.1 Å². The van der Waals surface area contributed by atoms with Gasteiger partial charge in [0.15, 0.2) is 5.78 Å². The van der Waals surface area contributed by atoms with Crippen LogP contribution in [0.1, 0.15) is 15.9 Å². The lowest BCUT2D eigenvalue weighted by molar-refractivity contribution is 0.104. The van der Waals surface area contributed by atoms with Crippen molar-refractivity contribution >= 4 is 11.9 Å². The van der Waals surface area contributed by atoms with Gasteiger partial charge >= 0.3 is 0 Å². The van der Waals surface area contributed by atoms with Crippen LogP contribution in [0.3, 0.4) is 0 Å². The molecule has 0 aliphatic rings. The zero-order valence-corrected chi connectivity index (χ0v) is 13.3. The molecule has 23 heavy (non-hydrogen) atoms. The number of halogens is 1. The van der Waals surface area contributed by atoms with Crippen LogP contribution in [0.2, 0.25) is 0 Å². The van der Waals surface area contributed by atoms with Crippen LogP contribution in [0, 0.1) is 5.82 Å². The van der Waals surface area contributed by atoms with Gasteiger partial charge in [-0.2, -0.15) is 0 Å². The summed E-state index contributed by atoms with van der Waals surface area (Å²) in [5.74, 6) is 0.283. The van der Waals surface area contributed by atoms with Crippen LogP contribution in [0.15, 0.2) is 54.6 Å². The number of benzene rings is 2. The Morgan fingerprint density at radius 2 is 1.91 bits per heavy atom. The molecule has 2 rings (SSSR count). The highest BCUT2D eigenvalue weighted by molar-refractivity contribution is 6.06. The summed E-state index contributed by atoms with van der Waals surface area (Å²) in [5.41, 5.74) is 1.22. The van der Waals surface area contributed by atoms with Gasteiger partial charge in [-0.15, -0.1) is 0 Å². The second-order valence-electron chi connectivity index (χ2n) is 5.43. The molecular formula is C19H20FNO2. The Morgan fingerprint density at radius 3 is 2.57 bits per heavy atom. The maximum absolute atomic E-state index is 13.1. The number of likely N-dealkylation sites (N-methyl/N-ethyl adjacent to an activating group) is 1. The summed E-state index contributed by atoms with van der Waals surface area (Å²) < 4.78 is 18.7. The number of ketones is 1. The zero-order valence-electron chi connectivity index (χ0n) is 13.3. The van der Waals surface area contributed by atoms with E-state index in [1.54, 1.807) is 42.5 Å². The van der Waals surface area contributed by atoms with Crippen molar-refractivity contribution in [3.8, 4) is 5.75 Å². The van der Waals surface area contributed by atoms with Crippen molar-refractivity contribution in [1.29, 1.82) is 0 Å². The molecule has 0 saturated heterocycles. The Kier molecular flexibility index (Phi) is 6.06. The fourth-order valence-electron chi connectivity index (χ4n) is 1.94. The summed E-state index contributed by atoms with van der Waals surface area (Å²) in [6, 6.07) is 13.1. The minimum atomic E-state index is -0.321. The number of hydrogen-bond acceptors (Lipinski definition) is 3. The van der Waals surface area contributed by atoms with Gasteiger partial charge in [-0.1, -0.05) is 18.2 Å². The molecule has 120 valence electrons. The average molecular weight is 313 g/mol. The Morgan fingerprint density at radius 1 is 1.17 bits per heavy atom. The van der Waals surface area contributed by atoms with Crippen LogP contribution in [-0.4, -0.2) is 37.9 Å². The molecule has 0 bridgehead atoms. The van der Waals surface area contributed by atoms with Crippen LogP contribution in [-0.2, 0) is 0 Å². The van der Waals surface area contributed by atoms with Crippen LogP contribution in [0.5, 0.6) is 5.75 Å². The summed E-state index contributed by atoms with van der Waals surface area (Å²) in [4.78, 5) is 14.1. The van der Waals surface area contributed by atoms with E-state index in [4.69, 9.17) is 4.74 Å². The van der Waals surface area contributed by atoms with E-state index >= 15 is 0 Å². The molecule has 0 amide bonds. The Hall–Kier alpha value is -2.46. The molecule has 0 aromatic heterocycles. The molecule has 0 radical (unpaired) electrons. The fourth-order valence-corrected chi connectivity index (χ4v) is 1.94. The van der Waals surface area contributed by atoms with Crippen molar-refractivity contribution in [3.05, 3.63) is 71.6 Å². The lowest BCUT2D eigenvalue weighted by Crippen LogP contribution is -2.19. The predicted octanol–water partition coefficient (Wildman–Crippen LogP) is 3.66. The Bertz CT molecular complexity index is 678. The van der Waals surface area contributed by atoms with Crippen LogP contribution >= 0.6 is 0 Å². The summed E-state index contributed by atoms with van der Waals surface area (Å²) in [6.45, 7) is 1.43. The third kappa shape index (κ3) is 5.68. The second-order valence-corrected chi connectivity index (χ2v) is 5.43. The molecule has 0 fully saturated rings. The third-order valence-electron chi connectivity index (χ3n) is 3.22. The molecule has 0 saturated carbocycles. The zero-order chi connectivity index (χ0) is 16.7. The van der Waals surface area contributed by atoms with Gasteiger partial charge in [0.1, 0.15) is 18.2 Å². The van der Waals surface area contributed by atoms with Gasteiger partial charge in [0, 0.05) is 12.1 Å². The number of nitrogens with zero attached hydrogens (tertiary/aromatic N) is 1. The quantitative estimate of drug-likeness (QED) is 0.577. The summed E-state index contributed by atoms with van der Waals surface area (Å²) >= 11 is 0. The van der Waals surface area contributed by atoms with Crippen molar-refractivity contribution in [3.63, 3.8) is 0 Å². The first-order chi connectivity index (χ1) is 11.0. The predicted molar refractivity (Wildman–Crippen MR) is 90.3 cm³/mol. The van der Waals surface area contributed by atoms with Gasteiger partial charge < -0.3 is 9.64 Å². The number of carbonyl (C=O) groups is 1. The number of ether oxygens (including phenoxy) is 1. The minimum absolute atomic E-state index is 0.130. The highest BCUT2D eigenvalue weighted by atomic mass is 19.1. The van der Waals surface area contributed by atoms with E-state index in [2.05, 4.69) is 0 Å². The van der Waals surface area contributed by atoms with Crippen molar-refractivity contribution in [1.82, 2.24) is 4.90 Å². The van der Waals surface area contributed by atoms with Gasteiger partial charge in [-0.25, -0.2) is 4.39 Å². The third-order valence-corrected chi connectivity index (χ3v) is 3.22. The number of hydrogen-bond donors (Lipinski definition) is 0. The monoisotopic (exact) mass is 313 g/mol. The lowest BCUT2D eigenvalue weighted by atomic mass is 10.1. The van der Waals surface area contributed by atoms with Crippen molar-refractivity contribution in [2.75, 3.05) is 27.2 Å². The molecule has 0 aliphatic carbocycles. The minimum Gasteiger partial charge on any atom is -0.492 e. The van der Waals surface area contributed by atoms with E-state index in [-0.39, 0.29) is 11.6 Å². The molecule has 0 aliphatic heterocycles. The number of allylic oxidation sites excluding steroid dienone is 1. The van der Waals surface area contributed by atoms with Crippen molar-refractivity contribution in [2.24, 2.45) is 0 Å². The van der Waals surface area contributed by atoms with Gasteiger partial charge in [-0.3, -0.25) is 4.79 Å². The molecule has 0 N–H and O–H groups in total. The lowest BCUT2D eigenvalue weighted by Gasteiger charge is -2.10. The smallest absolute Gasteiger partial charge is 0.185 e. The normalized spacial score (nSPS) is 11.1. The second kappa shape index (κ2) is 8.25. The van der Waals surface area contributed by atoms with Gasteiger partial charge in [0.2, 0.25) is 0 Å². The summed E-state index contributed by atoms with van der Waals surface area (Å²) in [5, 5.41) is 0. The number of rotatable bonds is 7. The van der Waals surface area contributed by atoms with E-state index in [0.29, 0.717) is 17.7 Å². The van der Waals surface area contributed by atoms with Crippen molar-refractivity contribution < 1.29 is 13.9 Å². The fraction of sp³-hybridized carbons (Fsp3) is 0.211. The SMILES string of the molecule is CN(C)CCOc1ccc(C(=O)/C=C/c2cccc(F)c2)cc1. The Labute approximate surface area is 136 Å². The van der Waals surface area contributed by atoms with Gasteiger partial charge in [0.05, 0.1) is 0 Å². The van der Waals surface area contributed by atoms with Crippen LogP contribution in [0.25, 0.3) is 6.08 Å². The van der Waals surface area contributed by atoms with Gasteiger partial charge in [0.25, 0.3) is 0 Å². The molecule has 4 heteroatoms. The highest BCUT2D eigenvalue weighted by Gasteiger charge is 2.03. The largest absolute Gasteiger partial charge is 0.492 e. The molecule has 0 heterocycles. The topological polar surface area (TPSA) is 29.5 Å². The molecule has 0 atom stereocenters. The first-order valence-corrected chi connectivity index (χ1v) is 7.40. The van der Waals surface area contributed by atoms with E-state index in [9.17, 15) is 9.18 Å². The number of carbonyl (C=O) groups excluding carboxylic acids is 1. The van der Waals surface area contributed by atoms with Crippen LogP contribution in [0.4, 0.5) is 4.39 Å². The molecule has 3 nitrogen and oxygen atoms in total. The molecule has 2 aromatic carbocycles.